The number of nitrogens with one attached hydrogen (secondary N) is 1. The van der Waals surface area contributed by atoms with Gasteiger partial charge in [0, 0.05) is 5.56 Å². The zero-order valence-corrected chi connectivity index (χ0v) is 15.4. The van der Waals surface area contributed by atoms with E-state index in [-0.39, 0.29) is 23.5 Å². The third-order valence-electron chi connectivity index (χ3n) is 4.36. The number of benzene rings is 1. The fourth-order valence-corrected chi connectivity index (χ4v) is 3.89. The molecule has 144 valence electrons. The Bertz CT molecular complexity index is 778. The van der Waals surface area contributed by atoms with Gasteiger partial charge in [-0.25, -0.2) is 4.39 Å². The minimum absolute atomic E-state index is 0.217. The van der Waals surface area contributed by atoms with Crippen LogP contribution in [-0.4, -0.2) is 39.7 Å². The molecule has 1 aromatic carbocycles. The van der Waals surface area contributed by atoms with Crippen molar-refractivity contribution in [3.05, 3.63) is 35.1 Å². The number of aliphatic carboxylic acids is 1. The highest BCUT2D eigenvalue weighted by atomic mass is 32.2. The summed E-state index contributed by atoms with van der Waals surface area (Å²) in [5.74, 6) is -1.80. The third kappa shape index (κ3) is 5.61. The highest BCUT2D eigenvalue weighted by molar-refractivity contribution is 8.15. The summed E-state index contributed by atoms with van der Waals surface area (Å²) in [6.07, 6.45) is 5.78. The highest BCUT2D eigenvalue weighted by Crippen LogP contribution is 2.24. The number of amides is 1. The van der Waals surface area contributed by atoms with Crippen LogP contribution in [0.15, 0.2) is 28.4 Å². The van der Waals surface area contributed by atoms with Gasteiger partial charge in [-0.05, 0) is 30.5 Å². The number of carbonyl (C=O) groups excluding carboxylic acids is 1. The lowest BCUT2D eigenvalue weighted by Crippen LogP contribution is -2.26. The van der Waals surface area contributed by atoms with Gasteiger partial charge in [0.25, 0.3) is 0 Å². The summed E-state index contributed by atoms with van der Waals surface area (Å²) in [7, 11) is 0. The average Bonchev–Trinajstić information content (AvgIpc) is 3.24. The van der Waals surface area contributed by atoms with E-state index in [0.717, 1.165) is 37.4 Å². The molecule has 0 spiro atoms. The van der Waals surface area contributed by atoms with Crippen LogP contribution in [0.1, 0.15) is 43.2 Å². The van der Waals surface area contributed by atoms with Crippen molar-refractivity contribution in [2.45, 2.75) is 50.1 Å². The van der Waals surface area contributed by atoms with Crippen LogP contribution >= 0.6 is 11.8 Å². The quantitative estimate of drug-likeness (QED) is 0.548. The summed E-state index contributed by atoms with van der Waals surface area (Å²) in [5, 5.41) is 18.7. The van der Waals surface area contributed by atoms with Gasteiger partial charge in [-0.1, -0.05) is 30.7 Å². The van der Waals surface area contributed by atoms with E-state index in [1.165, 1.54) is 18.3 Å². The molecule has 2 fully saturated rings. The van der Waals surface area contributed by atoms with Crippen LogP contribution in [0.5, 0.6) is 0 Å². The van der Waals surface area contributed by atoms with E-state index in [4.69, 9.17) is 9.84 Å². The minimum atomic E-state index is -1.05. The number of hydrogen-bond acceptors (Lipinski definition) is 6. The molecular weight excluding hydrogens is 373 g/mol. The standard InChI is InChI=1S/C18H20FN3O4S/c19-13-6-5-11(12(7-13)10-26-14-3-1-2-4-14)9-20-22-18-21-17(25)15(27-18)8-16(23)24/h5-7,9,14-15H,1-4,8,10H2,(H,23,24)(H,21,22,25). The molecule has 3 rings (SSSR count). The van der Waals surface area contributed by atoms with Crippen molar-refractivity contribution in [3.63, 3.8) is 0 Å². The Morgan fingerprint density at radius 2 is 2.19 bits per heavy atom. The molecule has 1 heterocycles. The first-order valence-electron chi connectivity index (χ1n) is 8.71. The lowest BCUT2D eigenvalue weighted by molar-refractivity contribution is -0.138. The molecule has 1 amide bonds. The largest absolute Gasteiger partial charge is 0.481 e. The van der Waals surface area contributed by atoms with Gasteiger partial charge in [0.2, 0.25) is 5.91 Å². The third-order valence-corrected chi connectivity index (χ3v) is 5.44. The Morgan fingerprint density at radius 1 is 1.41 bits per heavy atom. The molecule has 1 saturated carbocycles. The second kappa shape index (κ2) is 9.09. The molecule has 1 aromatic rings. The van der Waals surface area contributed by atoms with Crippen LogP contribution in [-0.2, 0) is 20.9 Å². The lowest BCUT2D eigenvalue weighted by atomic mass is 10.1. The summed E-state index contributed by atoms with van der Waals surface area (Å²) in [6.45, 7) is 0.298. The average molecular weight is 393 g/mol. The van der Waals surface area contributed by atoms with E-state index < -0.39 is 17.1 Å². The molecular formula is C18H20FN3O4S. The monoisotopic (exact) mass is 393 g/mol. The Kier molecular flexibility index (Phi) is 6.57. The van der Waals surface area contributed by atoms with Crippen LogP contribution in [0.2, 0.25) is 0 Å². The van der Waals surface area contributed by atoms with Crippen molar-refractivity contribution in [3.8, 4) is 0 Å². The second-order valence-corrected chi connectivity index (χ2v) is 7.60. The van der Waals surface area contributed by atoms with Crippen LogP contribution in [0, 0.1) is 5.82 Å². The number of carboxylic acids is 1. The van der Waals surface area contributed by atoms with Crippen molar-refractivity contribution in [1.29, 1.82) is 0 Å². The topological polar surface area (TPSA) is 100 Å². The summed E-state index contributed by atoms with van der Waals surface area (Å²) < 4.78 is 19.4. The molecule has 0 aromatic heterocycles. The highest BCUT2D eigenvalue weighted by Gasteiger charge is 2.32. The predicted octanol–water partition coefficient (Wildman–Crippen LogP) is 2.68. The molecule has 27 heavy (non-hydrogen) atoms. The van der Waals surface area contributed by atoms with Crippen molar-refractivity contribution >= 4 is 35.0 Å². The number of halogens is 1. The van der Waals surface area contributed by atoms with E-state index in [1.54, 1.807) is 6.07 Å². The van der Waals surface area contributed by atoms with Crippen LogP contribution in [0.25, 0.3) is 0 Å². The Labute approximate surface area is 160 Å². The maximum absolute atomic E-state index is 13.6. The summed E-state index contributed by atoms with van der Waals surface area (Å²) in [5.41, 5.74) is 1.35. The number of carboxylic acid groups (broad SMARTS) is 1. The number of rotatable bonds is 7. The Morgan fingerprint density at radius 3 is 2.93 bits per heavy atom. The van der Waals surface area contributed by atoms with E-state index >= 15 is 0 Å². The second-order valence-electron chi connectivity index (χ2n) is 6.40. The maximum atomic E-state index is 13.6. The Hall–Kier alpha value is -2.26. The zero-order valence-electron chi connectivity index (χ0n) is 14.6. The molecule has 2 aliphatic rings. The SMILES string of the molecule is O=C(O)CC1SC(=NN=Cc2ccc(F)cc2COC2CCCC2)NC1=O. The molecule has 1 saturated heterocycles. The van der Waals surface area contributed by atoms with Crippen molar-refractivity contribution in [2.75, 3.05) is 0 Å². The molecule has 7 nitrogen and oxygen atoms in total. The van der Waals surface area contributed by atoms with Gasteiger partial charge in [-0.15, -0.1) is 5.10 Å². The number of hydrogen-bond donors (Lipinski definition) is 2. The van der Waals surface area contributed by atoms with Gasteiger partial charge < -0.3 is 15.2 Å². The number of nitrogens with zero attached hydrogens (tertiary/aromatic N) is 2. The van der Waals surface area contributed by atoms with E-state index in [0.29, 0.717) is 17.7 Å². The fourth-order valence-electron chi connectivity index (χ4n) is 2.98. The van der Waals surface area contributed by atoms with Crippen molar-refractivity contribution in [2.24, 2.45) is 10.2 Å². The van der Waals surface area contributed by atoms with Crippen LogP contribution in [0.4, 0.5) is 4.39 Å². The molecule has 1 atom stereocenters. The molecule has 1 unspecified atom stereocenters. The number of amidine groups is 1. The molecule has 1 aliphatic heterocycles. The first-order chi connectivity index (χ1) is 13.0. The van der Waals surface area contributed by atoms with Gasteiger partial charge in [-0.2, -0.15) is 5.10 Å². The van der Waals surface area contributed by atoms with Gasteiger partial charge in [0.05, 0.1) is 25.3 Å². The zero-order chi connectivity index (χ0) is 19.2. The van der Waals surface area contributed by atoms with Gasteiger partial charge in [0.1, 0.15) is 11.1 Å². The number of carbonyl (C=O) groups is 2. The molecule has 0 radical (unpaired) electrons. The van der Waals surface area contributed by atoms with E-state index in [2.05, 4.69) is 15.5 Å². The summed E-state index contributed by atoms with van der Waals surface area (Å²) in [4.78, 5) is 22.4. The normalized spacial score (nSPS) is 22.0. The predicted molar refractivity (Wildman–Crippen MR) is 100 cm³/mol. The van der Waals surface area contributed by atoms with Crippen LogP contribution in [0.3, 0.4) is 0 Å². The molecule has 9 heteroatoms. The fraction of sp³-hybridized carbons (Fsp3) is 0.444. The number of thioether (sulfide) groups is 1. The van der Waals surface area contributed by atoms with E-state index in [1.807, 2.05) is 0 Å². The Balaban J connectivity index is 1.64. The number of ether oxygens (including phenoxy) is 1. The van der Waals surface area contributed by atoms with Crippen molar-refractivity contribution in [1.82, 2.24) is 5.32 Å². The van der Waals surface area contributed by atoms with Gasteiger partial charge in [-0.3, -0.25) is 9.59 Å². The minimum Gasteiger partial charge on any atom is -0.481 e. The van der Waals surface area contributed by atoms with Crippen molar-refractivity contribution < 1.29 is 23.8 Å². The smallest absolute Gasteiger partial charge is 0.305 e. The molecule has 1 aliphatic carbocycles. The van der Waals surface area contributed by atoms with Gasteiger partial charge in [0.15, 0.2) is 5.17 Å². The maximum Gasteiger partial charge on any atom is 0.305 e. The molecule has 2 N–H and O–H groups in total. The summed E-state index contributed by atoms with van der Waals surface area (Å²) >= 11 is 1.03. The first-order valence-corrected chi connectivity index (χ1v) is 9.59. The van der Waals surface area contributed by atoms with Crippen LogP contribution < -0.4 is 5.32 Å². The first kappa shape index (κ1) is 19.5. The molecule has 0 bridgehead atoms. The summed E-state index contributed by atoms with van der Waals surface area (Å²) in [6, 6.07) is 4.35. The van der Waals surface area contributed by atoms with Gasteiger partial charge >= 0.3 is 5.97 Å². The lowest BCUT2D eigenvalue weighted by Gasteiger charge is -2.12. The van der Waals surface area contributed by atoms with E-state index in [9.17, 15) is 14.0 Å².